The highest BCUT2D eigenvalue weighted by molar-refractivity contribution is 7.18. The van der Waals surface area contributed by atoms with Crippen LogP contribution in [0.5, 0.6) is 0 Å². The highest BCUT2D eigenvalue weighted by Crippen LogP contribution is 2.31. The molecule has 4 heterocycles. The zero-order valence-electron chi connectivity index (χ0n) is 18.5. The van der Waals surface area contributed by atoms with E-state index < -0.39 is 0 Å². The first kappa shape index (κ1) is 20.6. The normalized spacial score (nSPS) is 11.4. The van der Waals surface area contributed by atoms with Gasteiger partial charge in [0.25, 0.3) is 0 Å². The number of rotatable bonds is 7. The lowest BCUT2D eigenvalue weighted by molar-refractivity contribution is 0.315. The van der Waals surface area contributed by atoms with Crippen LogP contribution >= 0.6 is 11.3 Å². The topological polar surface area (TPSA) is 89.9 Å². The number of furan rings is 1. The number of benzene rings is 2. The number of fused-ring (bicyclic) bond motifs is 2. The molecule has 34 heavy (non-hydrogen) atoms. The monoisotopic (exact) mass is 467 g/mol. The highest BCUT2D eigenvalue weighted by Gasteiger charge is 2.12. The molecule has 2 aromatic carbocycles. The summed E-state index contributed by atoms with van der Waals surface area (Å²) in [5.41, 5.74) is 5.97. The Balaban J connectivity index is 1.12. The summed E-state index contributed by atoms with van der Waals surface area (Å²) in [6.45, 7) is 2.92. The molecule has 0 radical (unpaired) electrons. The van der Waals surface area contributed by atoms with Crippen LogP contribution in [0.4, 0.5) is 5.82 Å². The fourth-order valence-corrected chi connectivity index (χ4v) is 4.90. The molecule has 0 amide bonds. The molecule has 0 saturated heterocycles. The van der Waals surface area contributed by atoms with Crippen molar-refractivity contribution in [3.05, 3.63) is 77.6 Å². The van der Waals surface area contributed by atoms with Crippen molar-refractivity contribution in [3.63, 3.8) is 0 Å². The van der Waals surface area contributed by atoms with Crippen LogP contribution in [0.15, 0.2) is 76.2 Å². The number of aromatic nitrogens is 4. The number of nitrogens with one attached hydrogen (secondary N) is 1. The van der Waals surface area contributed by atoms with Crippen molar-refractivity contribution in [1.29, 1.82) is 0 Å². The van der Waals surface area contributed by atoms with E-state index in [4.69, 9.17) is 19.0 Å². The molecule has 6 aromatic rings. The zero-order chi connectivity index (χ0) is 22.9. The maximum Gasteiger partial charge on any atom is 0.166 e. The van der Waals surface area contributed by atoms with Gasteiger partial charge < -0.3 is 9.73 Å². The molecule has 0 unspecified atom stereocenters. The minimum Gasteiger partial charge on any atom is -0.472 e. The summed E-state index contributed by atoms with van der Waals surface area (Å²) in [6, 6.07) is 18.7. The van der Waals surface area contributed by atoms with E-state index in [1.807, 2.05) is 24.3 Å². The number of aryl methyl sites for hydroxylation is 2. The minimum absolute atomic E-state index is 0.681. The fraction of sp³-hybridized carbons (Fsp3) is 0.154. The lowest BCUT2D eigenvalue weighted by atomic mass is 10.0. The number of hydrogen-bond acceptors (Lipinski definition) is 8. The Labute approximate surface area is 199 Å². The van der Waals surface area contributed by atoms with Crippen LogP contribution in [0, 0.1) is 6.92 Å². The first-order valence-electron chi connectivity index (χ1n) is 11.1. The first-order valence-corrected chi connectivity index (χ1v) is 11.9. The van der Waals surface area contributed by atoms with Gasteiger partial charge in [-0.2, -0.15) is 0 Å². The minimum atomic E-state index is 0.681. The van der Waals surface area contributed by atoms with E-state index in [0.717, 1.165) is 63.1 Å². The second kappa shape index (κ2) is 8.72. The van der Waals surface area contributed by atoms with Gasteiger partial charge in [0, 0.05) is 11.4 Å². The van der Waals surface area contributed by atoms with Gasteiger partial charge in [0.05, 0.1) is 17.2 Å². The maximum absolute atomic E-state index is 5.22. The molecule has 0 fully saturated rings. The van der Waals surface area contributed by atoms with Crippen LogP contribution in [0.1, 0.15) is 16.9 Å². The third kappa shape index (κ3) is 4.04. The van der Waals surface area contributed by atoms with Gasteiger partial charge in [-0.1, -0.05) is 30.3 Å². The van der Waals surface area contributed by atoms with Gasteiger partial charge in [0.2, 0.25) is 0 Å². The quantitative estimate of drug-likeness (QED) is 0.268. The van der Waals surface area contributed by atoms with Gasteiger partial charge in [-0.05, 0) is 71.0 Å². The molecule has 8 heteroatoms. The van der Waals surface area contributed by atoms with Crippen molar-refractivity contribution in [2.45, 2.75) is 19.8 Å². The molecule has 0 bridgehead atoms. The summed E-state index contributed by atoms with van der Waals surface area (Å²) in [5.74, 6) is 1.56. The molecule has 0 saturated carbocycles. The Morgan fingerprint density at radius 2 is 1.74 bits per heavy atom. The van der Waals surface area contributed by atoms with E-state index in [1.165, 1.54) is 10.4 Å². The zero-order valence-corrected chi connectivity index (χ0v) is 19.3. The summed E-state index contributed by atoms with van der Waals surface area (Å²) in [7, 11) is 0. The van der Waals surface area contributed by atoms with Gasteiger partial charge in [0.15, 0.2) is 5.82 Å². The van der Waals surface area contributed by atoms with Crippen molar-refractivity contribution in [2.75, 3.05) is 11.9 Å². The van der Waals surface area contributed by atoms with E-state index in [0.29, 0.717) is 5.82 Å². The van der Waals surface area contributed by atoms with E-state index >= 15 is 0 Å². The summed E-state index contributed by atoms with van der Waals surface area (Å²) in [4.78, 5) is 11.7. The molecule has 0 aliphatic rings. The van der Waals surface area contributed by atoms with Gasteiger partial charge in [-0.25, -0.2) is 14.6 Å². The Bertz CT molecular complexity index is 1570. The molecular formula is C26H21N5O2S. The van der Waals surface area contributed by atoms with Gasteiger partial charge >= 0.3 is 0 Å². The van der Waals surface area contributed by atoms with Crippen LogP contribution in [-0.4, -0.2) is 26.8 Å². The fourth-order valence-electron chi connectivity index (χ4n) is 4.02. The van der Waals surface area contributed by atoms with Crippen LogP contribution in [-0.2, 0) is 6.42 Å². The summed E-state index contributed by atoms with van der Waals surface area (Å²) in [5, 5.41) is 12.4. The number of nitrogens with zero attached hydrogens (tertiary/aromatic N) is 4. The Kier molecular flexibility index (Phi) is 5.27. The van der Waals surface area contributed by atoms with E-state index in [2.05, 4.69) is 52.9 Å². The predicted molar refractivity (Wildman–Crippen MR) is 134 cm³/mol. The van der Waals surface area contributed by atoms with Crippen molar-refractivity contribution in [2.24, 2.45) is 0 Å². The molecule has 0 aliphatic heterocycles. The molecule has 4 aromatic heterocycles. The molecule has 7 nitrogen and oxygen atoms in total. The molecule has 0 atom stereocenters. The molecule has 168 valence electrons. The number of hydrogen-bond donors (Lipinski definition) is 1. The van der Waals surface area contributed by atoms with Gasteiger partial charge in [-0.3, -0.25) is 0 Å². The molecule has 0 aliphatic carbocycles. The third-order valence-corrected chi connectivity index (χ3v) is 6.72. The Morgan fingerprint density at radius 1 is 0.882 bits per heavy atom. The van der Waals surface area contributed by atoms with Crippen LogP contribution in [0.3, 0.4) is 0 Å². The molecule has 0 spiro atoms. The lowest BCUT2D eigenvalue weighted by Gasteiger charge is -2.09. The second-order valence-electron chi connectivity index (χ2n) is 8.18. The lowest BCUT2D eigenvalue weighted by Crippen LogP contribution is -2.06. The average Bonchev–Trinajstić information content (AvgIpc) is 3.62. The molecule has 1 N–H and O–H groups in total. The second-order valence-corrected chi connectivity index (χ2v) is 9.41. The highest BCUT2D eigenvalue weighted by atomic mass is 32.1. The summed E-state index contributed by atoms with van der Waals surface area (Å²) >= 11 is 1.68. The largest absolute Gasteiger partial charge is 0.472 e. The first-order chi connectivity index (χ1) is 16.7. The van der Waals surface area contributed by atoms with Crippen LogP contribution in [0.2, 0.25) is 0 Å². The summed E-state index contributed by atoms with van der Waals surface area (Å²) in [6.07, 6.45) is 5.29. The van der Waals surface area contributed by atoms with Gasteiger partial charge in [0.1, 0.15) is 27.9 Å². The predicted octanol–water partition coefficient (Wildman–Crippen LogP) is 6.51. The average molecular weight is 468 g/mol. The number of thiophene rings is 1. The van der Waals surface area contributed by atoms with Crippen LogP contribution < -0.4 is 5.32 Å². The third-order valence-electron chi connectivity index (χ3n) is 5.77. The van der Waals surface area contributed by atoms with Crippen molar-refractivity contribution < 1.29 is 9.05 Å². The summed E-state index contributed by atoms with van der Waals surface area (Å²) < 4.78 is 10.0. The standard InChI is InChI=1S/C26H21N5O2S/c1-16-13-21-25(28-24(29-26(21)34-16)20-10-12-32-15-20)27-11-2-3-17-4-6-18(7-5-17)19-8-9-22-23(14-19)31-33-30-22/h4-10,12-15H,2-3,11H2,1H3,(H,27,28,29). The van der Waals surface area contributed by atoms with E-state index in [1.54, 1.807) is 23.9 Å². The van der Waals surface area contributed by atoms with E-state index in [9.17, 15) is 0 Å². The molecule has 6 rings (SSSR count). The van der Waals surface area contributed by atoms with Crippen molar-refractivity contribution in [3.8, 4) is 22.5 Å². The molecular weight excluding hydrogens is 446 g/mol. The smallest absolute Gasteiger partial charge is 0.166 e. The van der Waals surface area contributed by atoms with Crippen molar-refractivity contribution in [1.82, 2.24) is 20.3 Å². The Hall–Kier alpha value is -4.04. The van der Waals surface area contributed by atoms with E-state index in [-0.39, 0.29) is 0 Å². The number of anilines is 1. The van der Waals surface area contributed by atoms with Crippen molar-refractivity contribution >= 4 is 38.4 Å². The van der Waals surface area contributed by atoms with Crippen LogP contribution in [0.25, 0.3) is 43.8 Å². The van der Waals surface area contributed by atoms with Gasteiger partial charge in [-0.15, -0.1) is 11.3 Å². The maximum atomic E-state index is 5.22. The SMILES string of the molecule is Cc1cc2c(NCCCc3ccc(-c4ccc5nonc5c4)cc3)nc(-c3ccoc3)nc2s1. The Morgan fingerprint density at radius 3 is 2.59 bits per heavy atom.